The summed E-state index contributed by atoms with van der Waals surface area (Å²) in [5.41, 5.74) is 3.66. The summed E-state index contributed by atoms with van der Waals surface area (Å²) < 4.78 is 32.3. The molecule has 4 heterocycles. The Morgan fingerprint density at radius 2 is 0.800 bits per heavy atom. The Bertz CT molecular complexity index is 815. The Morgan fingerprint density at radius 1 is 0.600 bits per heavy atom. The molecular weight excluding hydrogens is 443 g/mol. The van der Waals surface area contributed by atoms with Crippen LogP contribution >= 0.6 is 0 Å². The Hall–Kier alpha value is -2.95. The van der Waals surface area contributed by atoms with Crippen molar-refractivity contribution in [1.82, 2.24) is 19.9 Å². The first-order valence-electron chi connectivity index (χ1n) is 8.28. The minimum absolute atomic E-state index is 0.915. The summed E-state index contributed by atoms with van der Waals surface area (Å²) in [5.74, 6) is 0. The van der Waals surface area contributed by atoms with E-state index in [9.17, 15) is 0 Å². The van der Waals surface area contributed by atoms with Crippen LogP contribution in [0.15, 0.2) is 97.6 Å². The molecule has 8 nitrogen and oxygen atoms in total. The zero-order valence-electron chi connectivity index (χ0n) is 15.6. The van der Waals surface area contributed by atoms with Crippen molar-refractivity contribution in [3.05, 3.63) is 97.6 Å². The minimum Gasteiger partial charge on any atom is -0.255 e. The van der Waals surface area contributed by atoms with E-state index in [0.717, 1.165) is 40.1 Å². The van der Waals surface area contributed by atoms with Gasteiger partial charge in [0, 0.05) is 24.8 Å². The van der Waals surface area contributed by atoms with Crippen LogP contribution in [0.3, 0.4) is 0 Å². The molecule has 0 radical (unpaired) electrons. The molecule has 4 rings (SSSR count). The van der Waals surface area contributed by atoms with Gasteiger partial charge in [-0.15, -0.1) is 0 Å². The second-order valence-electron chi connectivity index (χ2n) is 5.08. The van der Waals surface area contributed by atoms with Crippen molar-refractivity contribution in [3.63, 3.8) is 0 Å². The quantitative estimate of drug-likeness (QED) is 0.450. The van der Waals surface area contributed by atoms with Crippen LogP contribution in [0.4, 0.5) is 0 Å². The number of hydrogen-bond donors (Lipinski definition) is 1. The van der Waals surface area contributed by atoms with Gasteiger partial charge in [0.25, 0.3) is 0 Å². The molecule has 1 unspecified atom stereocenters. The third-order valence-corrected chi connectivity index (χ3v) is 3.18. The maximum Gasteiger partial charge on any atom is 0.0886 e. The fourth-order valence-corrected chi connectivity index (χ4v) is 2.06. The SMILES string of the molecule is O=S([O-])O.[O]=[V].c1ccc(-c2ccccn2)nc1.c1ccc(-c2ccccn2)nc1. The molecule has 0 amide bonds. The van der Waals surface area contributed by atoms with Crippen molar-refractivity contribution in [3.8, 4) is 22.8 Å². The molecule has 153 valence electrons. The van der Waals surface area contributed by atoms with E-state index in [4.69, 9.17) is 17.0 Å². The number of rotatable bonds is 2. The van der Waals surface area contributed by atoms with E-state index in [1.54, 1.807) is 24.8 Å². The maximum atomic E-state index is 8.56. The number of aromatic nitrogens is 4. The van der Waals surface area contributed by atoms with Gasteiger partial charge in [-0.3, -0.25) is 19.9 Å². The molecule has 0 saturated heterocycles. The molecule has 0 aromatic carbocycles. The van der Waals surface area contributed by atoms with Gasteiger partial charge in [0.05, 0.1) is 34.1 Å². The fourth-order valence-electron chi connectivity index (χ4n) is 2.06. The van der Waals surface area contributed by atoms with Crippen molar-refractivity contribution < 1.29 is 34.4 Å². The molecule has 4 aromatic rings. The molecular formula is C20H17N4O4SV-. The summed E-state index contributed by atoms with van der Waals surface area (Å²) in [6.07, 6.45) is 7.07. The second-order valence-corrected chi connectivity index (χ2v) is 5.51. The number of pyridine rings is 4. The molecule has 1 N–H and O–H groups in total. The topological polar surface area (TPSA) is 129 Å². The van der Waals surface area contributed by atoms with E-state index in [2.05, 4.69) is 19.9 Å². The molecule has 0 aliphatic carbocycles. The molecule has 4 aromatic heterocycles. The summed E-state index contributed by atoms with van der Waals surface area (Å²) in [5, 5.41) is 0. The summed E-state index contributed by atoms with van der Waals surface area (Å²) in [6, 6.07) is 23.2. The van der Waals surface area contributed by atoms with Crippen molar-refractivity contribution in [2.45, 2.75) is 0 Å². The fraction of sp³-hybridized carbons (Fsp3) is 0. The van der Waals surface area contributed by atoms with Crippen molar-refractivity contribution >= 4 is 11.4 Å². The normalized spacial score (nSPS) is 9.90. The van der Waals surface area contributed by atoms with Crippen molar-refractivity contribution in [2.75, 3.05) is 0 Å². The number of hydrogen-bond acceptors (Lipinski definition) is 7. The second kappa shape index (κ2) is 15.9. The third-order valence-electron chi connectivity index (χ3n) is 3.18. The van der Waals surface area contributed by atoms with Gasteiger partial charge in [-0.1, -0.05) is 24.3 Å². The standard InChI is InChI=1S/2C10H8N2.H2O3S.O.V/c2*1-3-7-11-9(5-1)10-6-2-4-8-12-10;1-4(2)3;;/h2*1-8H;(H2,1,2,3);;/p-1. The van der Waals surface area contributed by atoms with Gasteiger partial charge in [-0.25, -0.2) is 4.21 Å². The third kappa shape index (κ3) is 10.6. The van der Waals surface area contributed by atoms with Crippen LogP contribution in [-0.2, 0) is 32.4 Å². The minimum atomic E-state index is -2.86. The van der Waals surface area contributed by atoms with Crippen LogP contribution in [0.25, 0.3) is 22.8 Å². The predicted molar refractivity (Wildman–Crippen MR) is 107 cm³/mol. The Morgan fingerprint density at radius 3 is 0.933 bits per heavy atom. The zero-order chi connectivity index (χ0) is 22.0. The summed E-state index contributed by atoms with van der Waals surface area (Å²) in [7, 11) is 0. The van der Waals surface area contributed by atoms with Gasteiger partial charge in [0.15, 0.2) is 0 Å². The maximum absolute atomic E-state index is 8.56. The molecule has 30 heavy (non-hydrogen) atoms. The molecule has 1 atom stereocenters. The first kappa shape index (κ1) is 25.1. The molecule has 0 bridgehead atoms. The van der Waals surface area contributed by atoms with Crippen LogP contribution in [0.1, 0.15) is 0 Å². The average Bonchev–Trinajstić information content (AvgIpc) is 2.83. The number of nitrogens with zero attached hydrogens (tertiary/aromatic N) is 4. The van der Waals surface area contributed by atoms with E-state index in [1.807, 2.05) is 72.8 Å². The first-order chi connectivity index (χ1) is 14.7. The van der Waals surface area contributed by atoms with E-state index >= 15 is 0 Å². The Labute approximate surface area is 185 Å². The average molecular weight is 460 g/mol. The smallest absolute Gasteiger partial charge is 0.0886 e. The Kier molecular flexibility index (Phi) is 13.3. The van der Waals surface area contributed by atoms with E-state index in [-0.39, 0.29) is 0 Å². The largest absolute Gasteiger partial charge is 0.255 e. The van der Waals surface area contributed by atoms with Crippen LogP contribution in [0.2, 0.25) is 0 Å². The van der Waals surface area contributed by atoms with Gasteiger partial charge < -0.3 is 9.11 Å². The van der Waals surface area contributed by atoms with E-state index < -0.39 is 11.4 Å². The van der Waals surface area contributed by atoms with Crippen molar-refractivity contribution in [2.24, 2.45) is 0 Å². The van der Waals surface area contributed by atoms with Gasteiger partial charge in [0.2, 0.25) is 0 Å². The predicted octanol–water partition coefficient (Wildman–Crippen LogP) is 3.50. The van der Waals surface area contributed by atoms with Gasteiger partial charge >= 0.3 is 21.0 Å². The molecule has 0 aliphatic heterocycles. The van der Waals surface area contributed by atoms with Crippen LogP contribution in [0, 0.1) is 0 Å². The summed E-state index contributed by atoms with van der Waals surface area (Å²) >= 11 is -1.80. The molecule has 0 aliphatic rings. The van der Waals surface area contributed by atoms with Gasteiger partial charge in [0.1, 0.15) is 0 Å². The summed E-state index contributed by atoms with van der Waals surface area (Å²) in [4.78, 5) is 16.7. The molecule has 10 heteroatoms. The first-order valence-corrected chi connectivity index (χ1v) is 9.88. The van der Waals surface area contributed by atoms with Crippen LogP contribution in [-0.4, -0.2) is 33.3 Å². The van der Waals surface area contributed by atoms with Crippen molar-refractivity contribution in [1.29, 1.82) is 0 Å². The Balaban J connectivity index is 0.000000239. The molecule has 0 fully saturated rings. The van der Waals surface area contributed by atoms with Crippen LogP contribution in [0.5, 0.6) is 0 Å². The molecule has 0 spiro atoms. The summed E-state index contributed by atoms with van der Waals surface area (Å²) in [6.45, 7) is 0. The van der Waals surface area contributed by atoms with Crippen LogP contribution < -0.4 is 0 Å². The van der Waals surface area contributed by atoms with Gasteiger partial charge in [-0.05, 0) is 48.5 Å². The van der Waals surface area contributed by atoms with E-state index in [0.29, 0.717) is 0 Å². The van der Waals surface area contributed by atoms with E-state index in [1.165, 1.54) is 0 Å². The molecule has 0 saturated carbocycles. The monoisotopic (exact) mass is 460 g/mol. The van der Waals surface area contributed by atoms with Gasteiger partial charge in [-0.2, -0.15) is 0 Å². The zero-order valence-corrected chi connectivity index (χ0v) is 17.8.